The second-order valence-corrected chi connectivity index (χ2v) is 3.76. The summed E-state index contributed by atoms with van der Waals surface area (Å²) in [7, 11) is 0. The Labute approximate surface area is 93.5 Å². The van der Waals surface area contributed by atoms with Crippen LogP contribution in [0.4, 0.5) is 4.39 Å². The van der Waals surface area contributed by atoms with Gasteiger partial charge in [-0.25, -0.2) is 4.39 Å². The van der Waals surface area contributed by atoms with Gasteiger partial charge in [0.25, 0.3) is 0 Å². The summed E-state index contributed by atoms with van der Waals surface area (Å²) in [6.07, 6.45) is 0.111. The number of hydrogen-bond acceptors (Lipinski definition) is 2. The Balaban J connectivity index is 2.95. The number of aliphatic carboxylic acids is 1. The van der Waals surface area contributed by atoms with Crippen LogP contribution in [0.3, 0.4) is 0 Å². The summed E-state index contributed by atoms with van der Waals surface area (Å²) in [5.41, 5.74) is -1.23. The van der Waals surface area contributed by atoms with E-state index in [1.807, 2.05) is 0 Å². The Morgan fingerprint density at radius 1 is 1.44 bits per heavy atom. The van der Waals surface area contributed by atoms with Crippen LogP contribution in [0.25, 0.3) is 0 Å². The van der Waals surface area contributed by atoms with Gasteiger partial charge in [0, 0.05) is 12.0 Å². The smallest absolute Gasteiger partial charge is 0.303 e. The minimum Gasteiger partial charge on any atom is -0.481 e. The zero-order valence-electron chi connectivity index (χ0n) is 9.11. The molecule has 1 aromatic carbocycles. The summed E-state index contributed by atoms with van der Waals surface area (Å²) in [5.74, 6) is -1.50. The minimum absolute atomic E-state index is 0.0137. The van der Waals surface area contributed by atoms with Crippen molar-refractivity contribution < 1.29 is 19.4 Å². The fourth-order valence-electron chi connectivity index (χ4n) is 1.65. The molecule has 1 unspecified atom stereocenters. The van der Waals surface area contributed by atoms with Crippen LogP contribution in [0.15, 0.2) is 24.3 Å². The number of rotatable bonds is 5. The first-order valence-electron chi connectivity index (χ1n) is 5.19. The maximum atomic E-state index is 13.5. The Morgan fingerprint density at radius 2 is 2.06 bits per heavy atom. The number of carboxylic acid groups (broad SMARTS) is 1. The van der Waals surface area contributed by atoms with Crippen molar-refractivity contribution in [2.45, 2.75) is 31.8 Å². The molecule has 0 fully saturated rings. The third-order valence-corrected chi connectivity index (χ3v) is 2.71. The standard InChI is InChI=1S/C12H15FO3/c1-2-12(16,8-7-11(14)15)9-5-3-4-6-10(9)13/h3-6,16H,2,7-8H2,1H3,(H,14,15). The van der Waals surface area contributed by atoms with Crippen LogP contribution < -0.4 is 0 Å². The molecule has 1 atom stereocenters. The van der Waals surface area contributed by atoms with Crippen LogP contribution in [-0.2, 0) is 10.4 Å². The highest BCUT2D eigenvalue weighted by Crippen LogP contribution is 2.31. The molecule has 2 N–H and O–H groups in total. The van der Waals surface area contributed by atoms with Crippen molar-refractivity contribution in [3.8, 4) is 0 Å². The number of carbonyl (C=O) groups is 1. The molecule has 0 saturated heterocycles. The zero-order valence-corrected chi connectivity index (χ0v) is 9.11. The lowest BCUT2D eigenvalue weighted by atomic mass is 9.86. The van der Waals surface area contributed by atoms with Gasteiger partial charge in [0.05, 0.1) is 5.60 Å². The summed E-state index contributed by atoms with van der Waals surface area (Å²) in [4.78, 5) is 10.5. The monoisotopic (exact) mass is 226 g/mol. The number of benzene rings is 1. The molecule has 0 spiro atoms. The van der Waals surface area contributed by atoms with Gasteiger partial charge in [-0.1, -0.05) is 25.1 Å². The van der Waals surface area contributed by atoms with Crippen LogP contribution in [0.1, 0.15) is 31.7 Å². The molecule has 0 heterocycles. The highest BCUT2D eigenvalue weighted by Gasteiger charge is 2.30. The maximum absolute atomic E-state index is 13.5. The molecule has 4 heteroatoms. The molecule has 0 aliphatic heterocycles. The third kappa shape index (κ3) is 2.79. The van der Waals surface area contributed by atoms with Gasteiger partial charge in [-0.05, 0) is 18.9 Å². The highest BCUT2D eigenvalue weighted by atomic mass is 19.1. The SMILES string of the molecule is CCC(O)(CCC(=O)O)c1ccccc1F. The van der Waals surface area contributed by atoms with Gasteiger partial charge in [0.15, 0.2) is 0 Å². The first kappa shape index (κ1) is 12.6. The van der Waals surface area contributed by atoms with E-state index in [1.54, 1.807) is 13.0 Å². The van der Waals surface area contributed by atoms with E-state index in [4.69, 9.17) is 5.11 Å². The lowest BCUT2D eigenvalue weighted by Crippen LogP contribution is -2.27. The average molecular weight is 226 g/mol. The maximum Gasteiger partial charge on any atom is 0.303 e. The van der Waals surface area contributed by atoms with Crippen LogP contribution in [0.2, 0.25) is 0 Å². The van der Waals surface area contributed by atoms with E-state index in [0.717, 1.165) is 0 Å². The van der Waals surface area contributed by atoms with Gasteiger partial charge in [0.1, 0.15) is 5.82 Å². The lowest BCUT2D eigenvalue weighted by molar-refractivity contribution is -0.138. The van der Waals surface area contributed by atoms with E-state index in [-0.39, 0.29) is 24.8 Å². The second-order valence-electron chi connectivity index (χ2n) is 3.76. The molecule has 0 saturated carbocycles. The molecule has 0 aliphatic rings. The van der Waals surface area contributed by atoms with E-state index in [1.165, 1.54) is 18.2 Å². The van der Waals surface area contributed by atoms with E-state index < -0.39 is 17.4 Å². The van der Waals surface area contributed by atoms with Crippen molar-refractivity contribution in [2.24, 2.45) is 0 Å². The molecule has 0 aliphatic carbocycles. The van der Waals surface area contributed by atoms with Gasteiger partial charge in [-0.15, -0.1) is 0 Å². The molecule has 0 amide bonds. The minimum atomic E-state index is -1.40. The van der Waals surface area contributed by atoms with Crippen molar-refractivity contribution in [3.05, 3.63) is 35.6 Å². The molecule has 1 aromatic rings. The predicted octanol–water partition coefficient (Wildman–Crippen LogP) is 2.29. The quantitative estimate of drug-likeness (QED) is 0.809. The van der Waals surface area contributed by atoms with Crippen LogP contribution in [0, 0.1) is 5.82 Å². The number of carboxylic acids is 1. The van der Waals surface area contributed by atoms with Gasteiger partial charge < -0.3 is 10.2 Å². The molecular weight excluding hydrogens is 211 g/mol. The second kappa shape index (κ2) is 5.07. The largest absolute Gasteiger partial charge is 0.481 e. The van der Waals surface area contributed by atoms with Crippen molar-refractivity contribution in [1.82, 2.24) is 0 Å². The first-order valence-corrected chi connectivity index (χ1v) is 5.19. The Hall–Kier alpha value is -1.42. The number of hydrogen-bond donors (Lipinski definition) is 2. The predicted molar refractivity (Wildman–Crippen MR) is 57.5 cm³/mol. The molecule has 0 aromatic heterocycles. The summed E-state index contributed by atoms with van der Waals surface area (Å²) in [5, 5.41) is 18.8. The number of aliphatic hydroxyl groups is 1. The summed E-state index contributed by atoms with van der Waals surface area (Å²) < 4.78 is 13.5. The molecule has 0 radical (unpaired) electrons. The highest BCUT2D eigenvalue weighted by molar-refractivity contribution is 5.66. The van der Waals surface area contributed by atoms with Gasteiger partial charge in [-0.2, -0.15) is 0 Å². The van der Waals surface area contributed by atoms with E-state index in [2.05, 4.69) is 0 Å². The van der Waals surface area contributed by atoms with Crippen LogP contribution in [0.5, 0.6) is 0 Å². The third-order valence-electron chi connectivity index (χ3n) is 2.71. The van der Waals surface area contributed by atoms with Gasteiger partial charge in [-0.3, -0.25) is 4.79 Å². The fourth-order valence-corrected chi connectivity index (χ4v) is 1.65. The van der Waals surface area contributed by atoms with E-state index in [9.17, 15) is 14.3 Å². The first-order chi connectivity index (χ1) is 7.49. The summed E-state index contributed by atoms with van der Waals surface area (Å²) >= 11 is 0. The van der Waals surface area contributed by atoms with Crippen molar-refractivity contribution in [1.29, 1.82) is 0 Å². The van der Waals surface area contributed by atoms with E-state index in [0.29, 0.717) is 0 Å². The summed E-state index contributed by atoms with van der Waals surface area (Å²) in [6, 6.07) is 5.91. The molecule has 0 bridgehead atoms. The normalized spacial score (nSPS) is 14.4. The number of halogens is 1. The molecule has 3 nitrogen and oxygen atoms in total. The molecule has 88 valence electrons. The Bertz CT molecular complexity index is 378. The topological polar surface area (TPSA) is 57.5 Å². The summed E-state index contributed by atoms with van der Waals surface area (Å²) in [6.45, 7) is 1.70. The van der Waals surface area contributed by atoms with Crippen molar-refractivity contribution >= 4 is 5.97 Å². The van der Waals surface area contributed by atoms with Gasteiger partial charge in [0.2, 0.25) is 0 Å². The average Bonchev–Trinajstić information content (AvgIpc) is 2.26. The fraction of sp³-hybridized carbons (Fsp3) is 0.417. The van der Waals surface area contributed by atoms with Crippen molar-refractivity contribution in [2.75, 3.05) is 0 Å². The zero-order chi connectivity index (χ0) is 12.2. The lowest BCUT2D eigenvalue weighted by Gasteiger charge is -2.27. The Kier molecular flexibility index (Phi) is 4.01. The Morgan fingerprint density at radius 3 is 2.56 bits per heavy atom. The van der Waals surface area contributed by atoms with Crippen LogP contribution >= 0.6 is 0 Å². The van der Waals surface area contributed by atoms with Crippen LogP contribution in [-0.4, -0.2) is 16.2 Å². The van der Waals surface area contributed by atoms with Gasteiger partial charge >= 0.3 is 5.97 Å². The molecule has 1 rings (SSSR count). The van der Waals surface area contributed by atoms with E-state index >= 15 is 0 Å². The molecule has 16 heavy (non-hydrogen) atoms. The van der Waals surface area contributed by atoms with Crippen molar-refractivity contribution in [3.63, 3.8) is 0 Å². The molecular formula is C12H15FO3.